The van der Waals surface area contributed by atoms with Gasteiger partial charge in [0, 0.05) is 24.6 Å². The Morgan fingerprint density at radius 3 is 2.50 bits per heavy atom. The third kappa shape index (κ3) is 2.23. The van der Waals surface area contributed by atoms with Gasteiger partial charge in [0.1, 0.15) is 0 Å². The number of pyridine rings is 1. The van der Waals surface area contributed by atoms with Gasteiger partial charge in [-0.25, -0.2) is 0 Å². The van der Waals surface area contributed by atoms with E-state index in [2.05, 4.69) is 52.3 Å². The monoisotopic (exact) mass is 238 g/mol. The Balaban J connectivity index is 1.92. The second-order valence-electron chi connectivity index (χ2n) is 4.82. The van der Waals surface area contributed by atoms with Crippen molar-refractivity contribution >= 4 is 5.69 Å². The molecule has 0 N–H and O–H groups in total. The summed E-state index contributed by atoms with van der Waals surface area (Å²) >= 11 is 0. The molecule has 2 heterocycles. The van der Waals surface area contributed by atoms with Gasteiger partial charge in [0.2, 0.25) is 0 Å². The van der Waals surface area contributed by atoms with Crippen LogP contribution < -0.4 is 4.90 Å². The SMILES string of the molecule is c1ccc(C2CCCCN2c2ccncc2)cc1. The molecule has 0 radical (unpaired) electrons. The van der Waals surface area contributed by atoms with E-state index >= 15 is 0 Å². The van der Waals surface area contributed by atoms with Crippen LogP contribution in [0.3, 0.4) is 0 Å². The fourth-order valence-corrected chi connectivity index (χ4v) is 2.80. The highest BCUT2D eigenvalue weighted by Crippen LogP contribution is 2.34. The average molecular weight is 238 g/mol. The average Bonchev–Trinajstić information content (AvgIpc) is 2.49. The number of rotatable bonds is 2. The molecule has 2 nitrogen and oxygen atoms in total. The highest BCUT2D eigenvalue weighted by Gasteiger charge is 2.23. The molecule has 1 atom stereocenters. The van der Waals surface area contributed by atoms with Crippen molar-refractivity contribution in [1.82, 2.24) is 4.98 Å². The van der Waals surface area contributed by atoms with Crippen LogP contribution in [-0.4, -0.2) is 11.5 Å². The first-order chi connectivity index (χ1) is 8.95. The van der Waals surface area contributed by atoms with Gasteiger partial charge in [-0.05, 0) is 37.0 Å². The number of piperidine rings is 1. The quantitative estimate of drug-likeness (QED) is 0.790. The molecule has 0 aliphatic carbocycles. The van der Waals surface area contributed by atoms with Crippen molar-refractivity contribution < 1.29 is 0 Å². The zero-order valence-corrected chi connectivity index (χ0v) is 10.5. The molecular formula is C16H18N2. The topological polar surface area (TPSA) is 16.1 Å². The van der Waals surface area contributed by atoms with E-state index in [1.807, 2.05) is 12.4 Å². The van der Waals surface area contributed by atoms with Crippen LogP contribution in [0.5, 0.6) is 0 Å². The number of aromatic nitrogens is 1. The molecule has 1 aromatic heterocycles. The van der Waals surface area contributed by atoms with E-state index in [1.165, 1.54) is 30.5 Å². The molecule has 0 spiro atoms. The molecule has 1 saturated heterocycles. The summed E-state index contributed by atoms with van der Waals surface area (Å²) in [6.07, 6.45) is 7.61. The minimum absolute atomic E-state index is 0.516. The lowest BCUT2D eigenvalue weighted by molar-refractivity contribution is 0.473. The van der Waals surface area contributed by atoms with Crippen LogP contribution in [-0.2, 0) is 0 Å². The second-order valence-corrected chi connectivity index (χ2v) is 4.82. The number of anilines is 1. The van der Waals surface area contributed by atoms with Gasteiger partial charge in [-0.3, -0.25) is 4.98 Å². The van der Waals surface area contributed by atoms with Crippen molar-refractivity contribution in [3.63, 3.8) is 0 Å². The lowest BCUT2D eigenvalue weighted by atomic mass is 9.95. The van der Waals surface area contributed by atoms with Gasteiger partial charge >= 0.3 is 0 Å². The number of hydrogen-bond donors (Lipinski definition) is 0. The highest BCUT2D eigenvalue weighted by atomic mass is 15.2. The van der Waals surface area contributed by atoms with Gasteiger partial charge in [-0.1, -0.05) is 30.3 Å². The van der Waals surface area contributed by atoms with E-state index in [-0.39, 0.29) is 0 Å². The molecule has 0 amide bonds. The van der Waals surface area contributed by atoms with Crippen LogP contribution in [0.25, 0.3) is 0 Å². The van der Waals surface area contributed by atoms with Crippen molar-refractivity contribution in [2.45, 2.75) is 25.3 Å². The third-order valence-electron chi connectivity index (χ3n) is 3.68. The molecule has 1 aliphatic rings. The highest BCUT2D eigenvalue weighted by molar-refractivity contribution is 5.48. The standard InChI is InChI=1S/C16H18N2/c1-2-6-14(7-3-1)16-8-4-5-13-18(16)15-9-11-17-12-10-15/h1-3,6-7,9-12,16H,4-5,8,13H2. The summed E-state index contributed by atoms with van der Waals surface area (Å²) in [6.45, 7) is 1.14. The van der Waals surface area contributed by atoms with Crippen molar-refractivity contribution in [3.05, 3.63) is 60.4 Å². The molecule has 2 heteroatoms. The first kappa shape index (κ1) is 11.3. The first-order valence-corrected chi connectivity index (χ1v) is 6.67. The summed E-state index contributed by atoms with van der Waals surface area (Å²) in [4.78, 5) is 6.63. The van der Waals surface area contributed by atoms with Gasteiger partial charge in [0.15, 0.2) is 0 Å². The molecule has 92 valence electrons. The van der Waals surface area contributed by atoms with E-state index in [0.29, 0.717) is 6.04 Å². The maximum Gasteiger partial charge on any atom is 0.0542 e. The smallest absolute Gasteiger partial charge is 0.0542 e. The van der Waals surface area contributed by atoms with Crippen molar-refractivity contribution in [2.24, 2.45) is 0 Å². The fourth-order valence-electron chi connectivity index (χ4n) is 2.80. The Morgan fingerprint density at radius 1 is 0.944 bits per heavy atom. The molecule has 1 fully saturated rings. The number of hydrogen-bond acceptors (Lipinski definition) is 2. The molecular weight excluding hydrogens is 220 g/mol. The maximum absolute atomic E-state index is 4.11. The summed E-state index contributed by atoms with van der Waals surface area (Å²) in [5.74, 6) is 0. The first-order valence-electron chi connectivity index (χ1n) is 6.67. The predicted molar refractivity (Wildman–Crippen MR) is 74.6 cm³/mol. The van der Waals surface area contributed by atoms with Crippen molar-refractivity contribution in [1.29, 1.82) is 0 Å². The molecule has 1 aliphatic heterocycles. The third-order valence-corrected chi connectivity index (χ3v) is 3.68. The maximum atomic E-state index is 4.11. The summed E-state index contributed by atoms with van der Waals surface area (Å²) in [7, 11) is 0. The van der Waals surface area contributed by atoms with E-state index in [1.54, 1.807) is 0 Å². The van der Waals surface area contributed by atoms with E-state index in [0.717, 1.165) is 6.54 Å². The van der Waals surface area contributed by atoms with Crippen molar-refractivity contribution in [2.75, 3.05) is 11.4 Å². The molecule has 0 bridgehead atoms. The summed E-state index contributed by atoms with van der Waals surface area (Å²) in [5, 5.41) is 0. The minimum atomic E-state index is 0.516. The van der Waals surface area contributed by atoms with Crippen LogP contribution in [0.2, 0.25) is 0 Å². The van der Waals surface area contributed by atoms with Crippen LogP contribution in [0.15, 0.2) is 54.9 Å². The zero-order chi connectivity index (χ0) is 12.2. The minimum Gasteiger partial charge on any atom is -0.364 e. The summed E-state index contributed by atoms with van der Waals surface area (Å²) in [6, 6.07) is 15.6. The normalized spacial score (nSPS) is 19.8. The van der Waals surface area contributed by atoms with E-state index in [9.17, 15) is 0 Å². The van der Waals surface area contributed by atoms with Crippen LogP contribution >= 0.6 is 0 Å². The van der Waals surface area contributed by atoms with E-state index in [4.69, 9.17) is 0 Å². The number of benzene rings is 1. The second kappa shape index (κ2) is 5.21. The predicted octanol–water partition coefficient (Wildman–Crippen LogP) is 3.81. The molecule has 2 aromatic rings. The molecule has 3 rings (SSSR count). The van der Waals surface area contributed by atoms with Gasteiger partial charge in [-0.2, -0.15) is 0 Å². The summed E-state index contributed by atoms with van der Waals surface area (Å²) < 4.78 is 0. The molecule has 18 heavy (non-hydrogen) atoms. The van der Waals surface area contributed by atoms with Gasteiger partial charge in [0.25, 0.3) is 0 Å². The van der Waals surface area contributed by atoms with Crippen LogP contribution in [0.1, 0.15) is 30.9 Å². The Kier molecular flexibility index (Phi) is 3.26. The number of nitrogens with zero attached hydrogens (tertiary/aromatic N) is 2. The zero-order valence-electron chi connectivity index (χ0n) is 10.5. The Bertz CT molecular complexity index is 433. The molecule has 1 aromatic carbocycles. The van der Waals surface area contributed by atoms with Gasteiger partial charge in [-0.15, -0.1) is 0 Å². The van der Waals surface area contributed by atoms with Gasteiger partial charge in [0.05, 0.1) is 6.04 Å². The Labute approximate surface area is 108 Å². The lowest BCUT2D eigenvalue weighted by Gasteiger charge is -2.37. The largest absolute Gasteiger partial charge is 0.364 e. The molecule has 0 saturated carbocycles. The van der Waals surface area contributed by atoms with Crippen molar-refractivity contribution in [3.8, 4) is 0 Å². The van der Waals surface area contributed by atoms with Gasteiger partial charge < -0.3 is 4.90 Å². The lowest BCUT2D eigenvalue weighted by Crippen LogP contribution is -2.33. The Morgan fingerprint density at radius 2 is 1.72 bits per heavy atom. The van der Waals surface area contributed by atoms with E-state index < -0.39 is 0 Å². The van der Waals surface area contributed by atoms with Crippen LogP contribution in [0, 0.1) is 0 Å². The molecule has 1 unspecified atom stereocenters. The Hall–Kier alpha value is -1.83. The van der Waals surface area contributed by atoms with Crippen LogP contribution in [0.4, 0.5) is 5.69 Å². The summed E-state index contributed by atoms with van der Waals surface area (Å²) in [5.41, 5.74) is 2.72. The fraction of sp³-hybridized carbons (Fsp3) is 0.312.